The monoisotopic (exact) mass is 264 g/mol. The summed E-state index contributed by atoms with van der Waals surface area (Å²) in [6.07, 6.45) is 10.5. The van der Waals surface area contributed by atoms with Gasteiger partial charge in [0, 0.05) is 17.0 Å². The van der Waals surface area contributed by atoms with Crippen LogP contribution in [0.25, 0.3) is 5.57 Å². The molecule has 0 fully saturated rings. The average Bonchev–Trinajstić information content (AvgIpc) is 2.49. The van der Waals surface area contributed by atoms with Gasteiger partial charge in [0.15, 0.2) is 0 Å². The summed E-state index contributed by atoms with van der Waals surface area (Å²) in [7, 11) is 0. The number of benzene rings is 1. The first kappa shape index (κ1) is 12.8. The molecule has 0 heterocycles. The molecule has 0 amide bonds. The van der Waals surface area contributed by atoms with Crippen LogP contribution in [-0.2, 0) is 0 Å². The molecule has 0 radical (unpaired) electrons. The molecule has 20 heavy (non-hydrogen) atoms. The molecule has 0 unspecified atom stereocenters. The van der Waals surface area contributed by atoms with Crippen molar-refractivity contribution >= 4 is 5.57 Å². The van der Waals surface area contributed by atoms with Crippen LogP contribution < -0.4 is 11.5 Å². The Labute approximate surface area is 120 Å². The number of allylic oxidation sites excluding steroid dienone is 8. The van der Waals surface area contributed by atoms with E-state index in [0.29, 0.717) is 0 Å². The standard InChI is InChI=1S/C18H20N2/c19-17-9-5-4-8-15(17)14-10-11-18(20)16(12-14)13-6-2-1-3-7-13/h1-4,6-8,12H,5,9-11,19-20H2. The zero-order chi connectivity index (χ0) is 13.9. The van der Waals surface area contributed by atoms with Gasteiger partial charge in [0.25, 0.3) is 0 Å². The third kappa shape index (κ3) is 2.42. The summed E-state index contributed by atoms with van der Waals surface area (Å²) in [5, 5.41) is 0. The Morgan fingerprint density at radius 3 is 2.30 bits per heavy atom. The highest BCUT2D eigenvalue weighted by atomic mass is 14.6. The van der Waals surface area contributed by atoms with Gasteiger partial charge in [-0.2, -0.15) is 0 Å². The van der Waals surface area contributed by atoms with Gasteiger partial charge in [0.05, 0.1) is 0 Å². The summed E-state index contributed by atoms with van der Waals surface area (Å²) in [5.41, 5.74) is 19.2. The van der Waals surface area contributed by atoms with Crippen LogP contribution in [0.1, 0.15) is 31.2 Å². The van der Waals surface area contributed by atoms with Gasteiger partial charge in [-0.25, -0.2) is 0 Å². The van der Waals surface area contributed by atoms with Gasteiger partial charge in [-0.05, 0) is 48.5 Å². The molecule has 2 nitrogen and oxygen atoms in total. The molecule has 0 aliphatic heterocycles. The molecular formula is C18H20N2. The summed E-state index contributed by atoms with van der Waals surface area (Å²) in [6.45, 7) is 0. The van der Waals surface area contributed by atoms with Crippen molar-refractivity contribution in [3.05, 3.63) is 76.7 Å². The Kier molecular flexibility index (Phi) is 3.46. The van der Waals surface area contributed by atoms with Crippen LogP contribution in [-0.4, -0.2) is 0 Å². The van der Waals surface area contributed by atoms with E-state index >= 15 is 0 Å². The van der Waals surface area contributed by atoms with Crippen molar-refractivity contribution in [2.45, 2.75) is 25.7 Å². The molecule has 1 aromatic rings. The van der Waals surface area contributed by atoms with Gasteiger partial charge < -0.3 is 11.5 Å². The SMILES string of the molecule is NC1=C(C2=CC(c3ccccc3)=C(N)CC2)C=CCC1. The number of hydrogen-bond donors (Lipinski definition) is 2. The Hall–Kier alpha value is -2.22. The fourth-order valence-electron chi connectivity index (χ4n) is 2.84. The summed E-state index contributed by atoms with van der Waals surface area (Å²) >= 11 is 0. The molecule has 0 saturated heterocycles. The second-order valence-electron chi connectivity index (χ2n) is 5.35. The number of hydrogen-bond acceptors (Lipinski definition) is 2. The first-order chi connectivity index (χ1) is 9.75. The van der Waals surface area contributed by atoms with E-state index in [9.17, 15) is 0 Å². The lowest BCUT2D eigenvalue weighted by molar-refractivity contribution is 0.875. The number of nitrogens with two attached hydrogens (primary N) is 2. The molecule has 2 aliphatic rings. The predicted molar refractivity (Wildman–Crippen MR) is 84.5 cm³/mol. The molecule has 0 spiro atoms. The largest absolute Gasteiger partial charge is 0.402 e. The van der Waals surface area contributed by atoms with Gasteiger partial charge in [-0.1, -0.05) is 42.5 Å². The summed E-state index contributed by atoms with van der Waals surface area (Å²) in [5.74, 6) is 0. The van der Waals surface area contributed by atoms with Crippen LogP contribution >= 0.6 is 0 Å². The fraction of sp³-hybridized carbons (Fsp3) is 0.222. The smallest absolute Gasteiger partial charge is 0.0163 e. The minimum Gasteiger partial charge on any atom is -0.402 e. The Bertz CT molecular complexity index is 631. The molecule has 2 heteroatoms. The zero-order valence-electron chi connectivity index (χ0n) is 11.6. The minimum atomic E-state index is 0.903. The quantitative estimate of drug-likeness (QED) is 0.856. The Morgan fingerprint density at radius 1 is 0.800 bits per heavy atom. The van der Waals surface area contributed by atoms with Gasteiger partial charge in [-0.3, -0.25) is 0 Å². The molecule has 3 rings (SSSR count). The number of rotatable bonds is 2. The van der Waals surface area contributed by atoms with Crippen molar-refractivity contribution in [2.24, 2.45) is 11.5 Å². The van der Waals surface area contributed by atoms with E-state index in [0.717, 1.165) is 42.7 Å². The van der Waals surface area contributed by atoms with Crippen LogP contribution in [0, 0.1) is 0 Å². The van der Waals surface area contributed by atoms with E-state index in [-0.39, 0.29) is 0 Å². The molecule has 2 aliphatic carbocycles. The third-order valence-corrected chi connectivity index (χ3v) is 3.97. The maximum absolute atomic E-state index is 6.21. The zero-order valence-corrected chi connectivity index (χ0v) is 11.6. The summed E-state index contributed by atoms with van der Waals surface area (Å²) < 4.78 is 0. The van der Waals surface area contributed by atoms with Crippen molar-refractivity contribution in [3.8, 4) is 0 Å². The van der Waals surface area contributed by atoms with Crippen molar-refractivity contribution in [3.63, 3.8) is 0 Å². The summed E-state index contributed by atoms with van der Waals surface area (Å²) in [4.78, 5) is 0. The van der Waals surface area contributed by atoms with Gasteiger partial charge in [0.2, 0.25) is 0 Å². The van der Waals surface area contributed by atoms with Crippen molar-refractivity contribution < 1.29 is 0 Å². The predicted octanol–water partition coefficient (Wildman–Crippen LogP) is 3.64. The van der Waals surface area contributed by atoms with Crippen molar-refractivity contribution in [1.29, 1.82) is 0 Å². The van der Waals surface area contributed by atoms with Crippen LogP contribution in [0.4, 0.5) is 0 Å². The lowest BCUT2D eigenvalue weighted by Crippen LogP contribution is -2.11. The molecule has 0 saturated carbocycles. The molecule has 0 atom stereocenters. The van der Waals surface area contributed by atoms with Gasteiger partial charge in [-0.15, -0.1) is 0 Å². The lowest BCUT2D eigenvalue weighted by Gasteiger charge is -2.21. The lowest BCUT2D eigenvalue weighted by atomic mass is 9.86. The first-order valence-corrected chi connectivity index (χ1v) is 7.16. The highest BCUT2D eigenvalue weighted by Gasteiger charge is 2.17. The average molecular weight is 264 g/mol. The van der Waals surface area contributed by atoms with Crippen LogP contribution in [0.15, 0.2) is 71.1 Å². The van der Waals surface area contributed by atoms with E-state index in [1.807, 2.05) is 18.2 Å². The van der Waals surface area contributed by atoms with E-state index in [2.05, 4.69) is 30.4 Å². The molecule has 0 bridgehead atoms. The van der Waals surface area contributed by atoms with E-state index in [1.54, 1.807) is 0 Å². The molecule has 102 valence electrons. The molecule has 1 aromatic carbocycles. The van der Waals surface area contributed by atoms with E-state index < -0.39 is 0 Å². The fourth-order valence-corrected chi connectivity index (χ4v) is 2.84. The molecule has 0 aromatic heterocycles. The first-order valence-electron chi connectivity index (χ1n) is 7.16. The minimum absolute atomic E-state index is 0.903. The summed E-state index contributed by atoms with van der Waals surface area (Å²) in [6, 6.07) is 10.3. The highest BCUT2D eigenvalue weighted by molar-refractivity contribution is 5.79. The van der Waals surface area contributed by atoms with Crippen molar-refractivity contribution in [2.75, 3.05) is 0 Å². The topological polar surface area (TPSA) is 52.0 Å². The van der Waals surface area contributed by atoms with Crippen LogP contribution in [0.2, 0.25) is 0 Å². The van der Waals surface area contributed by atoms with E-state index in [4.69, 9.17) is 11.5 Å². The molecule has 4 N–H and O–H groups in total. The maximum Gasteiger partial charge on any atom is 0.0163 e. The third-order valence-electron chi connectivity index (χ3n) is 3.97. The normalized spacial score (nSPS) is 19.3. The van der Waals surface area contributed by atoms with Gasteiger partial charge in [0.1, 0.15) is 0 Å². The van der Waals surface area contributed by atoms with Crippen LogP contribution in [0.5, 0.6) is 0 Å². The highest BCUT2D eigenvalue weighted by Crippen LogP contribution is 2.34. The Balaban J connectivity index is 2.01. The molecular weight excluding hydrogens is 244 g/mol. The van der Waals surface area contributed by atoms with Gasteiger partial charge >= 0.3 is 0 Å². The van der Waals surface area contributed by atoms with E-state index in [1.165, 1.54) is 16.7 Å². The van der Waals surface area contributed by atoms with Crippen LogP contribution in [0.3, 0.4) is 0 Å². The maximum atomic E-state index is 6.21. The van der Waals surface area contributed by atoms with Crippen molar-refractivity contribution in [1.82, 2.24) is 0 Å². The second-order valence-corrected chi connectivity index (χ2v) is 5.35. The second kappa shape index (κ2) is 5.41. The Morgan fingerprint density at radius 2 is 1.55 bits per heavy atom.